The van der Waals surface area contributed by atoms with Gasteiger partial charge in [0, 0.05) is 5.56 Å². The summed E-state index contributed by atoms with van der Waals surface area (Å²) in [4.78, 5) is 24.6. The van der Waals surface area contributed by atoms with Gasteiger partial charge in [-0.05, 0) is 54.6 Å². The third-order valence-corrected chi connectivity index (χ3v) is 5.06. The molecule has 1 aliphatic heterocycles. The van der Waals surface area contributed by atoms with Gasteiger partial charge in [-0.25, -0.2) is 9.18 Å². The zero-order valence-corrected chi connectivity index (χ0v) is 16.9. The Bertz CT molecular complexity index is 1430. The zero-order chi connectivity index (χ0) is 22.9. The highest BCUT2D eigenvalue weighted by Gasteiger charge is 2.33. The molecule has 1 amide bonds. The summed E-state index contributed by atoms with van der Waals surface area (Å²) >= 11 is 0. The quantitative estimate of drug-likeness (QED) is 0.428. The van der Waals surface area contributed by atoms with Gasteiger partial charge in [0.1, 0.15) is 23.0 Å². The average Bonchev–Trinajstić information content (AvgIpc) is 3.56. The van der Waals surface area contributed by atoms with Crippen LogP contribution in [0.3, 0.4) is 0 Å². The van der Waals surface area contributed by atoms with Gasteiger partial charge < -0.3 is 13.9 Å². The molecule has 0 spiro atoms. The largest absolute Gasteiger partial charge is 0.478 e. The van der Waals surface area contributed by atoms with Crippen molar-refractivity contribution in [1.29, 1.82) is 0 Å². The lowest BCUT2D eigenvalue weighted by Crippen LogP contribution is -2.21. The predicted molar refractivity (Wildman–Crippen MR) is 118 cm³/mol. The van der Waals surface area contributed by atoms with Crippen molar-refractivity contribution in [2.75, 3.05) is 5.01 Å². The number of nitrogens with zero attached hydrogens (tertiary/aromatic N) is 2. The Hall–Kier alpha value is -4.72. The molecule has 3 heterocycles. The lowest BCUT2D eigenvalue weighted by Gasteiger charge is -2.12. The van der Waals surface area contributed by atoms with Crippen LogP contribution in [0.5, 0.6) is 0 Å². The summed E-state index contributed by atoms with van der Waals surface area (Å²) in [5, 5.41) is 14.8. The van der Waals surface area contributed by atoms with E-state index < -0.39 is 17.7 Å². The first-order valence-electron chi connectivity index (χ1n) is 9.87. The van der Waals surface area contributed by atoms with E-state index in [4.69, 9.17) is 8.83 Å². The second kappa shape index (κ2) is 8.08. The van der Waals surface area contributed by atoms with Crippen molar-refractivity contribution in [3.8, 4) is 11.3 Å². The molecule has 1 N–H and O–H groups in total. The molecule has 0 saturated heterocycles. The minimum absolute atomic E-state index is 0.0263. The van der Waals surface area contributed by atoms with Gasteiger partial charge in [-0.15, -0.1) is 0 Å². The summed E-state index contributed by atoms with van der Waals surface area (Å²) in [6, 6.07) is 17.0. The lowest BCUT2D eigenvalue weighted by molar-refractivity contribution is -0.114. The molecule has 8 heteroatoms. The number of hydrogen-bond donors (Lipinski definition) is 1. The van der Waals surface area contributed by atoms with E-state index in [0.29, 0.717) is 34.0 Å². The maximum atomic E-state index is 14.1. The molecule has 33 heavy (non-hydrogen) atoms. The third-order valence-electron chi connectivity index (χ3n) is 5.06. The van der Waals surface area contributed by atoms with E-state index in [1.807, 2.05) is 0 Å². The summed E-state index contributed by atoms with van der Waals surface area (Å²) in [6.45, 7) is 0. The number of carbonyl (C=O) groups excluding carboxylic acids is 1. The molecule has 0 aliphatic carbocycles. The van der Waals surface area contributed by atoms with Gasteiger partial charge in [-0.1, -0.05) is 18.2 Å². The van der Waals surface area contributed by atoms with Crippen LogP contribution < -0.4 is 5.01 Å². The SMILES string of the molecule is O=C(O)c1cccc(N2N=C(c3ccoc3)/C(=C/c3ccc(-c4ccccc4F)o3)C2=O)c1. The highest BCUT2D eigenvalue weighted by molar-refractivity contribution is 6.37. The maximum Gasteiger partial charge on any atom is 0.335 e. The second-order valence-corrected chi connectivity index (χ2v) is 7.17. The highest BCUT2D eigenvalue weighted by Crippen LogP contribution is 2.30. The topological polar surface area (TPSA) is 96.2 Å². The Morgan fingerprint density at radius 3 is 2.67 bits per heavy atom. The smallest absolute Gasteiger partial charge is 0.335 e. The van der Waals surface area contributed by atoms with Gasteiger partial charge in [-0.3, -0.25) is 4.79 Å². The third kappa shape index (κ3) is 3.74. The number of anilines is 1. The van der Waals surface area contributed by atoms with Gasteiger partial charge in [0.2, 0.25) is 0 Å². The molecular weight excluding hydrogens is 427 g/mol. The van der Waals surface area contributed by atoms with E-state index in [2.05, 4.69) is 5.10 Å². The van der Waals surface area contributed by atoms with Gasteiger partial charge in [0.05, 0.1) is 34.9 Å². The fourth-order valence-corrected chi connectivity index (χ4v) is 3.48. The van der Waals surface area contributed by atoms with Crippen LogP contribution in [0.4, 0.5) is 10.1 Å². The number of halogens is 1. The average molecular weight is 442 g/mol. The Morgan fingerprint density at radius 1 is 1.06 bits per heavy atom. The van der Waals surface area contributed by atoms with E-state index in [0.717, 1.165) is 5.01 Å². The van der Waals surface area contributed by atoms with E-state index in [-0.39, 0.29) is 11.1 Å². The number of furan rings is 2. The summed E-state index contributed by atoms with van der Waals surface area (Å²) in [6.07, 6.45) is 4.42. The number of benzene rings is 2. The van der Waals surface area contributed by atoms with E-state index >= 15 is 0 Å². The van der Waals surface area contributed by atoms with Gasteiger partial charge in [0.25, 0.3) is 5.91 Å². The number of carbonyl (C=O) groups is 2. The lowest BCUT2D eigenvalue weighted by atomic mass is 10.0. The standard InChI is InChI=1S/C25H15FN2O5/c26-21-7-2-1-6-19(21)22-9-8-18(33-22)13-20-23(16-10-11-32-14-16)27-28(24(20)29)17-5-3-4-15(12-17)25(30)31/h1-14H,(H,30,31)/b20-13-. The van der Waals surface area contributed by atoms with Gasteiger partial charge >= 0.3 is 5.97 Å². The van der Waals surface area contributed by atoms with Gasteiger partial charge in [0.15, 0.2) is 0 Å². The van der Waals surface area contributed by atoms with Crippen LogP contribution in [-0.2, 0) is 4.79 Å². The summed E-state index contributed by atoms with van der Waals surface area (Å²) in [5.74, 6) is -1.37. The van der Waals surface area contributed by atoms with Crippen LogP contribution in [0.2, 0.25) is 0 Å². The predicted octanol–water partition coefficient (Wildman–Crippen LogP) is 5.21. The first-order chi connectivity index (χ1) is 16.0. The highest BCUT2D eigenvalue weighted by atomic mass is 19.1. The van der Waals surface area contributed by atoms with Crippen molar-refractivity contribution in [3.05, 3.63) is 108 Å². The molecule has 1 aliphatic rings. The fourth-order valence-electron chi connectivity index (χ4n) is 3.48. The molecule has 0 fully saturated rings. The second-order valence-electron chi connectivity index (χ2n) is 7.17. The molecule has 0 unspecified atom stereocenters. The number of aromatic carboxylic acids is 1. The zero-order valence-electron chi connectivity index (χ0n) is 16.9. The van der Waals surface area contributed by atoms with Crippen LogP contribution in [0.25, 0.3) is 17.4 Å². The number of amides is 1. The number of carboxylic acids is 1. The Kier molecular flexibility index (Phi) is 4.95. The molecular formula is C25H15FN2O5. The van der Waals surface area contributed by atoms with Crippen molar-refractivity contribution in [3.63, 3.8) is 0 Å². The van der Waals surface area contributed by atoms with Crippen LogP contribution in [0.15, 0.2) is 98.8 Å². The molecule has 162 valence electrons. The maximum absolute atomic E-state index is 14.1. The molecule has 0 bridgehead atoms. The summed E-state index contributed by atoms with van der Waals surface area (Å²) in [7, 11) is 0. The molecule has 2 aromatic carbocycles. The normalized spacial score (nSPS) is 14.7. The molecule has 0 saturated carbocycles. The van der Waals surface area contributed by atoms with Crippen molar-refractivity contribution < 1.29 is 27.9 Å². The van der Waals surface area contributed by atoms with Crippen LogP contribution in [0, 0.1) is 5.82 Å². The van der Waals surface area contributed by atoms with E-state index in [1.54, 1.807) is 42.5 Å². The fraction of sp³-hybridized carbons (Fsp3) is 0. The van der Waals surface area contributed by atoms with E-state index in [1.165, 1.54) is 42.9 Å². The van der Waals surface area contributed by atoms with Crippen molar-refractivity contribution in [1.82, 2.24) is 0 Å². The summed E-state index contributed by atoms with van der Waals surface area (Å²) in [5.41, 5.74) is 1.74. The molecule has 5 rings (SSSR count). The first-order valence-corrected chi connectivity index (χ1v) is 9.87. The monoisotopic (exact) mass is 442 g/mol. The molecule has 2 aromatic heterocycles. The Labute approximate surface area is 186 Å². The molecule has 7 nitrogen and oxygen atoms in total. The number of hydrogen-bond acceptors (Lipinski definition) is 5. The molecule has 4 aromatic rings. The van der Waals surface area contributed by atoms with Gasteiger partial charge in [-0.2, -0.15) is 10.1 Å². The first kappa shape index (κ1) is 20.2. The minimum atomic E-state index is -1.12. The van der Waals surface area contributed by atoms with Crippen LogP contribution in [0.1, 0.15) is 21.7 Å². The van der Waals surface area contributed by atoms with Crippen LogP contribution in [-0.4, -0.2) is 22.7 Å². The summed E-state index contributed by atoms with van der Waals surface area (Å²) < 4.78 is 25.0. The Balaban J connectivity index is 1.56. The van der Waals surface area contributed by atoms with Crippen molar-refractivity contribution >= 4 is 29.4 Å². The van der Waals surface area contributed by atoms with E-state index in [9.17, 15) is 19.1 Å². The minimum Gasteiger partial charge on any atom is -0.478 e. The molecule has 0 atom stereocenters. The molecule has 0 radical (unpaired) electrons. The number of carboxylic acid groups (broad SMARTS) is 1. The number of hydrazone groups is 1. The Morgan fingerprint density at radius 2 is 1.91 bits per heavy atom. The van der Waals surface area contributed by atoms with Crippen molar-refractivity contribution in [2.24, 2.45) is 5.10 Å². The van der Waals surface area contributed by atoms with Crippen molar-refractivity contribution in [2.45, 2.75) is 0 Å². The van der Waals surface area contributed by atoms with Crippen LogP contribution >= 0.6 is 0 Å². The number of rotatable bonds is 5.